The SMILES string of the molecule is CCCCC(C)(O)C=C[Si](C)c1ccccc1. The van der Waals surface area contributed by atoms with E-state index in [2.05, 4.69) is 43.4 Å². The maximum absolute atomic E-state index is 10.2. The van der Waals surface area contributed by atoms with E-state index in [-0.39, 0.29) is 0 Å². The second-order valence-corrected chi connectivity index (χ2v) is 7.12. The molecule has 0 spiro atoms. The molecule has 0 saturated heterocycles. The van der Waals surface area contributed by atoms with Crippen LogP contribution in [0.25, 0.3) is 0 Å². The molecule has 0 amide bonds. The molecule has 93 valence electrons. The molecule has 0 bridgehead atoms. The third kappa shape index (κ3) is 5.33. The summed E-state index contributed by atoms with van der Waals surface area (Å²) >= 11 is 0. The lowest BCUT2D eigenvalue weighted by Crippen LogP contribution is -2.27. The van der Waals surface area contributed by atoms with E-state index in [0.717, 1.165) is 19.3 Å². The van der Waals surface area contributed by atoms with Gasteiger partial charge in [0.1, 0.15) is 8.80 Å². The average molecular weight is 247 g/mol. The van der Waals surface area contributed by atoms with E-state index in [1.54, 1.807) is 0 Å². The molecular formula is C15H23OSi. The zero-order valence-corrected chi connectivity index (χ0v) is 12.1. The maximum Gasteiger partial charge on any atom is 0.109 e. The predicted molar refractivity (Wildman–Crippen MR) is 77.0 cm³/mol. The molecule has 1 nitrogen and oxygen atoms in total. The molecule has 1 N–H and O–H groups in total. The first-order valence-corrected chi connectivity index (χ1v) is 8.43. The van der Waals surface area contributed by atoms with Crippen molar-refractivity contribution in [2.24, 2.45) is 0 Å². The molecule has 17 heavy (non-hydrogen) atoms. The molecule has 0 aromatic heterocycles. The van der Waals surface area contributed by atoms with E-state index < -0.39 is 14.4 Å². The van der Waals surface area contributed by atoms with Gasteiger partial charge in [0, 0.05) is 0 Å². The third-order valence-corrected chi connectivity index (χ3v) is 4.87. The summed E-state index contributed by atoms with van der Waals surface area (Å²) in [4.78, 5) is 0. The molecule has 1 aromatic carbocycles. The summed E-state index contributed by atoms with van der Waals surface area (Å²) in [5.41, 5.74) is 1.56. The highest BCUT2D eigenvalue weighted by Crippen LogP contribution is 2.15. The molecule has 0 fully saturated rings. The van der Waals surface area contributed by atoms with Crippen LogP contribution in [0.15, 0.2) is 42.1 Å². The molecule has 1 rings (SSSR count). The van der Waals surface area contributed by atoms with Crippen molar-refractivity contribution in [3.8, 4) is 0 Å². The number of unbranched alkanes of at least 4 members (excludes halogenated alkanes) is 1. The molecule has 0 aliphatic carbocycles. The molecule has 2 heteroatoms. The van der Waals surface area contributed by atoms with Crippen LogP contribution >= 0.6 is 0 Å². The van der Waals surface area contributed by atoms with Gasteiger partial charge in [0.05, 0.1) is 5.60 Å². The summed E-state index contributed by atoms with van der Waals surface area (Å²) in [6.45, 7) is 6.31. The lowest BCUT2D eigenvalue weighted by molar-refractivity contribution is 0.0993. The van der Waals surface area contributed by atoms with Crippen LogP contribution in [-0.2, 0) is 0 Å². The number of hydrogen-bond donors (Lipinski definition) is 1. The maximum atomic E-state index is 10.2. The fourth-order valence-electron chi connectivity index (χ4n) is 1.72. The highest BCUT2D eigenvalue weighted by Gasteiger charge is 2.15. The van der Waals surface area contributed by atoms with Gasteiger partial charge in [-0.15, -0.1) is 0 Å². The molecule has 1 aromatic rings. The van der Waals surface area contributed by atoms with E-state index in [9.17, 15) is 5.11 Å². The number of benzene rings is 1. The van der Waals surface area contributed by atoms with Gasteiger partial charge in [0.2, 0.25) is 0 Å². The summed E-state index contributed by atoms with van der Waals surface area (Å²) in [5, 5.41) is 11.6. The smallest absolute Gasteiger partial charge is 0.109 e. The fourth-order valence-corrected chi connectivity index (χ4v) is 3.24. The Morgan fingerprint density at radius 1 is 1.29 bits per heavy atom. The highest BCUT2D eigenvalue weighted by molar-refractivity contribution is 6.76. The van der Waals surface area contributed by atoms with Crippen molar-refractivity contribution in [3.63, 3.8) is 0 Å². The van der Waals surface area contributed by atoms with Crippen LogP contribution in [0.3, 0.4) is 0 Å². The van der Waals surface area contributed by atoms with Gasteiger partial charge in [-0.05, 0) is 13.3 Å². The Morgan fingerprint density at radius 2 is 1.94 bits per heavy atom. The van der Waals surface area contributed by atoms with Gasteiger partial charge in [-0.25, -0.2) is 0 Å². The van der Waals surface area contributed by atoms with Crippen molar-refractivity contribution in [2.45, 2.75) is 45.3 Å². The summed E-state index contributed by atoms with van der Waals surface area (Å²) in [6.07, 6.45) is 5.05. The lowest BCUT2D eigenvalue weighted by atomic mass is 10.00. The molecule has 1 atom stereocenters. The van der Waals surface area contributed by atoms with Crippen LogP contribution in [-0.4, -0.2) is 19.5 Å². The Balaban J connectivity index is 2.58. The first-order chi connectivity index (χ1) is 8.05. The summed E-state index contributed by atoms with van der Waals surface area (Å²) in [7, 11) is -0.665. The molecule has 0 aliphatic heterocycles. The summed E-state index contributed by atoms with van der Waals surface area (Å²) in [6, 6.07) is 10.5. The van der Waals surface area contributed by atoms with Crippen LogP contribution in [0.2, 0.25) is 6.55 Å². The fraction of sp³-hybridized carbons (Fsp3) is 0.467. The van der Waals surface area contributed by atoms with E-state index in [1.165, 1.54) is 5.19 Å². The van der Waals surface area contributed by atoms with E-state index in [0.29, 0.717) is 0 Å². The van der Waals surface area contributed by atoms with Crippen molar-refractivity contribution < 1.29 is 5.11 Å². The van der Waals surface area contributed by atoms with Gasteiger partial charge in [-0.1, -0.05) is 73.6 Å². The zero-order chi connectivity index (χ0) is 12.7. The minimum atomic E-state index is -0.665. The minimum Gasteiger partial charge on any atom is -0.386 e. The Hall–Kier alpha value is -0.863. The number of rotatable bonds is 6. The highest BCUT2D eigenvalue weighted by atomic mass is 28.3. The van der Waals surface area contributed by atoms with Crippen molar-refractivity contribution in [3.05, 3.63) is 42.1 Å². The van der Waals surface area contributed by atoms with Gasteiger partial charge in [-0.3, -0.25) is 0 Å². The van der Waals surface area contributed by atoms with Gasteiger partial charge >= 0.3 is 0 Å². The van der Waals surface area contributed by atoms with Crippen LogP contribution in [0, 0.1) is 0 Å². The average Bonchev–Trinajstić information content (AvgIpc) is 2.35. The van der Waals surface area contributed by atoms with Crippen LogP contribution in [0.1, 0.15) is 33.1 Å². The van der Waals surface area contributed by atoms with Crippen LogP contribution in [0.4, 0.5) is 0 Å². The molecular weight excluding hydrogens is 224 g/mol. The van der Waals surface area contributed by atoms with Crippen molar-refractivity contribution >= 4 is 14.0 Å². The Labute approximate surface area is 107 Å². The van der Waals surface area contributed by atoms with Crippen molar-refractivity contribution in [1.82, 2.24) is 0 Å². The predicted octanol–water partition coefficient (Wildman–Crippen LogP) is 3.05. The second-order valence-electron chi connectivity index (χ2n) is 4.84. The van der Waals surface area contributed by atoms with E-state index in [4.69, 9.17) is 0 Å². The zero-order valence-electron chi connectivity index (χ0n) is 11.1. The normalized spacial score (nSPS) is 15.4. The minimum absolute atomic E-state index is 0.642. The van der Waals surface area contributed by atoms with Gasteiger partial charge in [-0.2, -0.15) is 0 Å². The Kier molecular flexibility index (Phi) is 5.66. The van der Waals surface area contributed by atoms with E-state index in [1.807, 2.05) is 19.1 Å². The Bertz CT molecular complexity index is 343. The monoisotopic (exact) mass is 247 g/mol. The van der Waals surface area contributed by atoms with Gasteiger partial charge in [0.15, 0.2) is 0 Å². The topological polar surface area (TPSA) is 20.2 Å². The molecule has 1 radical (unpaired) electrons. The quantitative estimate of drug-likeness (QED) is 0.766. The lowest BCUT2D eigenvalue weighted by Gasteiger charge is -2.19. The third-order valence-electron chi connectivity index (χ3n) is 2.96. The largest absolute Gasteiger partial charge is 0.386 e. The second kappa shape index (κ2) is 6.77. The molecule has 0 aliphatic rings. The van der Waals surface area contributed by atoms with Crippen LogP contribution in [0.5, 0.6) is 0 Å². The summed E-state index contributed by atoms with van der Waals surface area (Å²) < 4.78 is 0. The van der Waals surface area contributed by atoms with Crippen molar-refractivity contribution in [2.75, 3.05) is 0 Å². The van der Waals surface area contributed by atoms with E-state index >= 15 is 0 Å². The Morgan fingerprint density at radius 3 is 2.53 bits per heavy atom. The summed E-state index contributed by atoms with van der Waals surface area (Å²) in [5.74, 6) is 0. The molecule has 0 saturated carbocycles. The first kappa shape index (κ1) is 14.2. The number of hydrogen-bond acceptors (Lipinski definition) is 1. The molecule has 0 heterocycles. The first-order valence-electron chi connectivity index (χ1n) is 6.36. The number of aliphatic hydroxyl groups is 1. The van der Waals surface area contributed by atoms with Gasteiger partial charge in [0.25, 0.3) is 0 Å². The van der Waals surface area contributed by atoms with Crippen LogP contribution < -0.4 is 5.19 Å². The van der Waals surface area contributed by atoms with Gasteiger partial charge < -0.3 is 5.11 Å². The molecule has 1 unspecified atom stereocenters. The standard InChI is InChI=1S/C15H23OSi/c1-4-5-11-15(2,16)12-13-17(3)14-9-7-6-8-10-14/h6-10,12-13,16H,4-5,11H2,1-3H3. The van der Waals surface area contributed by atoms with Crippen molar-refractivity contribution in [1.29, 1.82) is 0 Å².